The predicted molar refractivity (Wildman–Crippen MR) is 117 cm³/mol. The second-order valence-corrected chi connectivity index (χ2v) is 7.58. The Morgan fingerprint density at radius 3 is 2.41 bits per heavy atom. The topological polar surface area (TPSA) is 63.2 Å². The molecule has 0 saturated heterocycles. The average Bonchev–Trinajstić information content (AvgIpc) is 3.28. The molecule has 0 spiro atoms. The standard InChI is InChI=1S/C26H22O6/c1-16-24(26(27)29-14-17-6-4-3-5-7-17)25(18-8-10-19(28-2)11-9-18)20-12-22-23(31-15-30-22)13-21(20)32-16/h3-13,25H,14-15H2,1-2H3/t25-/m0/s1. The van der Waals surface area contributed by atoms with Crippen LogP contribution >= 0.6 is 0 Å². The molecule has 0 unspecified atom stereocenters. The number of carbonyl (C=O) groups is 1. The van der Waals surface area contributed by atoms with Crippen LogP contribution in [0.25, 0.3) is 0 Å². The minimum Gasteiger partial charge on any atom is -0.497 e. The number of allylic oxidation sites excluding steroid dienone is 1. The van der Waals surface area contributed by atoms with E-state index in [0.717, 1.165) is 22.4 Å². The summed E-state index contributed by atoms with van der Waals surface area (Å²) in [5.41, 5.74) is 3.11. The van der Waals surface area contributed by atoms with Crippen LogP contribution in [0.3, 0.4) is 0 Å². The molecule has 2 aliphatic rings. The van der Waals surface area contributed by atoms with Crippen LogP contribution in [-0.4, -0.2) is 19.9 Å². The van der Waals surface area contributed by atoms with Crippen LogP contribution in [0.5, 0.6) is 23.0 Å². The summed E-state index contributed by atoms with van der Waals surface area (Å²) in [5, 5.41) is 0. The number of methoxy groups -OCH3 is 1. The molecule has 5 rings (SSSR count). The molecular weight excluding hydrogens is 408 g/mol. The number of hydrogen-bond acceptors (Lipinski definition) is 6. The summed E-state index contributed by atoms with van der Waals surface area (Å²) < 4.78 is 28.1. The third kappa shape index (κ3) is 3.64. The van der Waals surface area contributed by atoms with Crippen LogP contribution in [0.1, 0.15) is 29.5 Å². The molecule has 0 amide bonds. The average molecular weight is 430 g/mol. The molecule has 0 saturated carbocycles. The zero-order valence-electron chi connectivity index (χ0n) is 17.8. The van der Waals surface area contributed by atoms with Gasteiger partial charge >= 0.3 is 5.97 Å². The Labute approximate surface area is 185 Å². The van der Waals surface area contributed by atoms with Crippen LogP contribution in [-0.2, 0) is 16.1 Å². The maximum Gasteiger partial charge on any atom is 0.338 e. The lowest BCUT2D eigenvalue weighted by Gasteiger charge is -2.29. The van der Waals surface area contributed by atoms with Crippen LogP contribution in [0.4, 0.5) is 0 Å². The number of rotatable bonds is 5. The molecule has 1 atom stereocenters. The highest BCUT2D eigenvalue weighted by molar-refractivity contribution is 5.93. The van der Waals surface area contributed by atoms with Crippen molar-refractivity contribution in [2.45, 2.75) is 19.4 Å². The van der Waals surface area contributed by atoms with Gasteiger partial charge in [-0.05, 0) is 36.2 Å². The minimum absolute atomic E-state index is 0.157. The maximum absolute atomic E-state index is 13.3. The van der Waals surface area contributed by atoms with Crippen LogP contribution in [0, 0.1) is 0 Å². The predicted octanol–water partition coefficient (Wildman–Crippen LogP) is 4.97. The molecule has 162 valence electrons. The van der Waals surface area contributed by atoms with Gasteiger partial charge in [0, 0.05) is 17.5 Å². The van der Waals surface area contributed by atoms with E-state index in [1.54, 1.807) is 14.0 Å². The van der Waals surface area contributed by atoms with Gasteiger partial charge in [-0.15, -0.1) is 0 Å². The van der Waals surface area contributed by atoms with Crippen molar-refractivity contribution in [1.29, 1.82) is 0 Å². The lowest BCUT2D eigenvalue weighted by Crippen LogP contribution is -2.23. The molecule has 2 aliphatic heterocycles. The second-order valence-electron chi connectivity index (χ2n) is 7.58. The molecule has 2 heterocycles. The zero-order valence-corrected chi connectivity index (χ0v) is 17.8. The van der Waals surface area contributed by atoms with Crippen molar-refractivity contribution in [3.63, 3.8) is 0 Å². The highest BCUT2D eigenvalue weighted by Gasteiger charge is 2.36. The first-order chi connectivity index (χ1) is 15.6. The van der Waals surface area contributed by atoms with Gasteiger partial charge in [0.1, 0.15) is 23.9 Å². The number of ether oxygens (including phenoxy) is 5. The summed E-state index contributed by atoms with van der Waals surface area (Å²) in [4.78, 5) is 13.3. The van der Waals surface area contributed by atoms with Gasteiger partial charge in [0.15, 0.2) is 11.5 Å². The number of hydrogen-bond donors (Lipinski definition) is 0. The molecule has 3 aromatic rings. The van der Waals surface area contributed by atoms with E-state index in [1.807, 2.05) is 66.7 Å². The fourth-order valence-corrected chi connectivity index (χ4v) is 4.04. The number of carbonyl (C=O) groups excluding carboxylic acids is 1. The lowest BCUT2D eigenvalue weighted by atomic mass is 9.82. The summed E-state index contributed by atoms with van der Waals surface area (Å²) in [7, 11) is 1.62. The minimum atomic E-state index is -0.421. The largest absolute Gasteiger partial charge is 0.497 e. The highest BCUT2D eigenvalue weighted by Crippen LogP contribution is 2.49. The molecule has 32 heavy (non-hydrogen) atoms. The van der Waals surface area contributed by atoms with Crippen LogP contribution in [0.15, 0.2) is 78.1 Å². The third-order valence-corrected chi connectivity index (χ3v) is 5.63. The summed E-state index contributed by atoms with van der Waals surface area (Å²) in [6, 6.07) is 20.9. The lowest BCUT2D eigenvalue weighted by molar-refractivity contribution is -0.140. The first-order valence-electron chi connectivity index (χ1n) is 10.3. The van der Waals surface area contributed by atoms with Gasteiger partial charge in [-0.3, -0.25) is 0 Å². The van der Waals surface area contributed by atoms with Gasteiger partial charge in [0.2, 0.25) is 6.79 Å². The molecule has 0 aromatic heterocycles. The molecule has 6 heteroatoms. The van der Waals surface area contributed by atoms with E-state index in [1.165, 1.54) is 0 Å². The quantitative estimate of drug-likeness (QED) is 0.533. The molecular formula is C26H22O6. The second kappa shape index (κ2) is 8.30. The fourth-order valence-electron chi connectivity index (χ4n) is 4.04. The first-order valence-corrected chi connectivity index (χ1v) is 10.3. The van der Waals surface area contributed by atoms with E-state index in [0.29, 0.717) is 28.6 Å². The third-order valence-electron chi connectivity index (χ3n) is 5.63. The van der Waals surface area contributed by atoms with Crippen molar-refractivity contribution in [3.8, 4) is 23.0 Å². The Hall–Kier alpha value is -3.93. The van der Waals surface area contributed by atoms with E-state index >= 15 is 0 Å². The van der Waals surface area contributed by atoms with E-state index in [9.17, 15) is 4.79 Å². The van der Waals surface area contributed by atoms with Crippen molar-refractivity contribution in [1.82, 2.24) is 0 Å². The summed E-state index contributed by atoms with van der Waals surface area (Å²) >= 11 is 0. The van der Waals surface area contributed by atoms with E-state index in [2.05, 4.69) is 0 Å². The smallest absolute Gasteiger partial charge is 0.338 e. The Kier molecular flexibility index (Phi) is 5.19. The number of benzene rings is 3. The van der Waals surface area contributed by atoms with Crippen molar-refractivity contribution >= 4 is 5.97 Å². The van der Waals surface area contributed by atoms with Crippen molar-refractivity contribution in [3.05, 3.63) is 94.8 Å². The SMILES string of the molecule is COc1ccc([C@@H]2C(C(=O)OCc3ccccc3)=C(C)Oc3cc4c(cc32)OCO4)cc1. The Morgan fingerprint density at radius 1 is 0.969 bits per heavy atom. The first kappa shape index (κ1) is 20.0. The van der Waals surface area contributed by atoms with Crippen molar-refractivity contribution in [2.24, 2.45) is 0 Å². The van der Waals surface area contributed by atoms with Gasteiger partial charge in [-0.25, -0.2) is 4.79 Å². The summed E-state index contributed by atoms with van der Waals surface area (Å²) in [6.07, 6.45) is 0. The Bertz CT molecular complexity index is 1180. The number of esters is 1. The van der Waals surface area contributed by atoms with Gasteiger partial charge < -0.3 is 23.7 Å². The van der Waals surface area contributed by atoms with Gasteiger partial charge in [-0.2, -0.15) is 0 Å². The molecule has 0 radical (unpaired) electrons. The van der Waals surface area contributed by atoms with Crippen molar-refractivity contribution < 1.29 is 28.5 Å². The molecule has 0 bridgehead atoms. The van der Waals surface area contributed by atoms with Gasteiger partial charge in [0.25, 0.3) is 0 Å². The van der Waals surface area contributed by atoms with Crippen LogP contribution < -0.4 is 18.9 Å². The van der Waals surface area contributed by atoms with E-state index in [4.69, 9.17) is 23.7 Å². The molecule has 3 aromatic carbocycles. The van der Waals surface area contributed by atoms with E-state index < -0.39 is 5.97 Å². The Morgan fingerprint density at radius 2 is 1.69 bits per heavy atom. The fraction of sp³-hybridized carbons (Fsp3) is 0.192. The van der Waals surface area contributed by atoms with Crippen molar-refractivity contribution in [2.75, 3.05) is 13.9 Å². The highest BCUT2D eigenvalue weighted by atomic mass is 16.7. The maximum atomic E-state index is 13.3. The molecule has 0 aliphatic carbocycles. The summed E-state index contributed by atoms with van der Waals surface area (Å²) in [6.45, 7) is 2.12. The molecule has 0 fully saturated rings. The molecule has 0 N–H and O–H groups in total. The van der Waals surface area contributed by atoms with Gasteiger partial charge in [0.05, 0.1) is 12.7 Å². The number of fused-ring (bicyclic) bond motifs is 2. The zero-order chi connectivity index (χ0) is 22.1. The normalized spacial score (nSPS) is 16.2. The monoisotopic (exact) mass is 430 g/mol. The van der Waals surface area contributed by atoms with Crippen LogP contribution in [0.2, 0.25) is 0 Å². The van der Waals surface area contributed by atoms with E-state index in [-0.39, 0.29) is 19.3 Å². The Balaban J connectivity index is 1.55. The van der Waals surface area contributed by atoms with Gasteiger partial charge in [-0.1, -0.05) is 42.5 Å². The molecule has 6 nitrogen and oxygen atoms in total. The summed E-state index contributed by atoms with van der Waals surface area (Å²) in [5.74, 6) is 2.31.